The van der Waals surface area contributed by atoms with Crippen LogP contribution in [-0.4, -0.2) is 9.78 Å². The number of hydrogen-bond acceptors (Lipinski definition) is 2. The summed E-state index contributed by atoms with van der Waals surface area (Å²) in [6, 6.07) is 6.03. The fraction of sp³-hybridized carbons (Fsp3) is 0.308. The maximum absolute atomic E-state index is 6.03. The Hall–Kier alpha value is -1.48. The van der Waals surface area contributed by atoms with Crippen LogP contribution < -0.4 is 5.73 Å². The van der Waals surface area contributed by atoms with Gasteiger partial charge in [0.1, 0.15) is 0 Å². The van der Waals surface area contributed by atoms with Crippen LogP contribution in [0.1, 0.15) is 25.6 Å². The van der Waals surface area contributed by atoms with Crippen molar-refractivity contribution in [2.75, 3.05) is 5.73 Å². The van der Waals surface area contributed by atoms with Gasteiger partial charge < -0.3 is 5.73 Å². The summed E-state index contributed by atoms with van der Waals surface area (Å²) in [7, 11) is 0. The number of aromatic nitrogens is 2. The largest absolute Gasteiger partial charge is 0.398 e. The molecule has 0 bridgehead atoms. The van der Waals surface area contributed by atoms with Crippen LogP contribution in [0.5, 0.6) is 0 Å². The van der Waals surface area contributed by atoms with Crippen LogP contribution >= 0.6 is 11.6 Å². The molecule has 1 aromatic carbocycles. The second-order valence-electron chi connectivity index (χ2n) is 4.44. The van der Waals surface area contributed by atoms with Crippen molar-refractivity contribution in [3.05, 3.63) is 35.1 Å². The van der Waals surface area contributed by atoms with Gasteiger partial charge in [0, 0.05) is 17.8 Å². The lowest BCUT2D eigenvalue weighted by Crippen LogP contribution is -2.00. The topological polar surface area (TPSA) is 43.8 Å². The van der Waals surface area contributed by atoms with Crippen molar-refractivity contribution in [1.29, 1.82) is 0 Å². The van der Waals surface area contributed by atoms with Crippen molar-refractivity contribution in [3.63, 3.8) is 0 Å². The van der Waals surface area contributed by atoms with Crippen molar-refractivity contribution in [3.8, 4) is 11.1 Å². The zero-order valence-corrected chi connectivity index (χ0v) is 11.0. The van der Waals surface area contributed by atoms with Gasteiger partial charge in [-0.25, -0.2) is 0 Å². The summed E-state index contributed by atoms with van der Waals surface area (Å²) < 4.78 is 1.95. The van der Waals surface area contributed by atoms with E-state index in [0.29, 0.717) is 16.8 Å². The van der Waals surface area contributed by atoms with Gasteiger partial charge in [0.2, 0.25) is 0 Å². The molecule has 0 unspecified atom stereocenters. The van der Waals surface area contributed by atoms with E-state index in [1.54, 1.807) is 0 Å². The summed E-state index contributed by atoms with van der Waals surface area (Å²) in [5.74, 6) is 0. The molecular weight excluding hydrogens is 234 g/mol. The highest BCUT2D eigenvalue weighted by Crippen LogP contribution is 2.29. The van der Waals surface area contributed by atoms with Gasteiger partial charge >= 0.3 is 0 Å². The number of halogens is 1. The average Bonchev–Trinajstić information content (AvgIpc) is 2.65. The fourth-order valence-corrected chi connectivity index (χ4v) is 1.90. The SMILES string of the molecule is Cc1nn(C(C)C)cc1-c1ccc(N)c(Cl)c1. The van der Waals surface area contributed by atoms with Gasteiger partial charge in [0.15, 0.2) is 0 Å². The second kappa shape index (κ2) is 4.41. The molecule has 0 atom stereocenters. The van der Waals surface area contributed by atoms with E-state index in [2.05, 4.69) is 18.9 Å². The van der Waals surface area contributed by atoms with Gasteiger partial charge in [-0.3, -0.25) is 4.68 Å². The Morgan fingerprint density at radius 3 is 2.59 bits per heavy atom. The molecule has 0 radical (unpaired) electrons. The second-order valence-corrected chi connectivity index (χ2v) is 4.85. The highest BCUT2D eigenvalue weighted by atomic mass is 35.5. The lowest BCUT2D eigenvalue weighted by Gasteiger charge is -2.04. The van der Waals surface area contributed by atoms with Crippen molar-refractivity contribution in [2.45, 2.75) is 26.8 Å². The Kier molecular flexibility index (Phi) is 3.11. The van der Waals surface area contributed by atoms with Gasteiger partial charge in [0.05, 0.1) is 16.4 Å². The van der Waals surface area contributed by atoms with Crippen molar-refractivity contribution >= 4 is 17.3 Å². The molecule has 0 fully saturated rings. The maximum atomic E-state index is 6.03. The summed E-state index contributed by atoms with van der Waals surface area (Å²) in [4.78, 5) is 0. The molecule has 0 aliphatic heterocycles. The Bertz CT molecular complexity index is 544. The number of benzene rings is 1. The van der Waals surface area contributed by atoms with E-state index in [0.717, 1.165) is 16.8 Å². The van der Waals surface area contributed by atoms with Crippen molar-refractivity contribution in [1.82, 2.24) is 9.78 Å². The van der Waals surface area contributed by atoms with Gasteiger partial charge in [-0.05, 0) is 38.5 Å². The van der Waals surface area contributed by atoms with E-state index in [4.69, 9.17) is 17.3 Å². The Labute approximate surface area is 106 Å². The normalized spacial score (nSPS) is 11.1. The Morgan fingerprint density at radius 1 is 1.35 bits per heavy atom. The molecule has 0 amide bonds. The van der Waals surface area contributed by atoms with Gasteiger partial charge in [0.25, 0.3) is 0 Å². The van der Waals surface area contributed by atoms with Crippen molar-refractivity contribution < 1.29 is 0 Å². The summed E-state index contributed by atoms with van der Waals surface area (Å²) in [6.45, 7) is 6.21. The zero-order valence-electron chi connectivity index (χ0n) is 10.2. The average molecular weight is 250 g/mol. The molecule has 0 aliphatic rings. The number of aryl methyl sites for hydroxylation is 1. The standard InChI is InChI=1S/C13H16ClN3/c1-8(2)17-7-11(9(3)16-17)10-4-5-13(15)12(14)6-10/h4-8H,15H2,1-3H3. The van der Waals surface area contributed by atoms with E-state index in [1.807, 2.05) is 36.0 Å². The molecule has 0 spiro atoms. The monoisotopic (exact) mass is 249 g/mol. The first-order chi connectivity index (χ1) is 7.99. The first-order valence-electron chi connectivity index (χ1n) is 5.60. The van der Waals surface area contributed by atoms with Crippen LogP contribution in [0.25, 0.3) is 11.1 Å². The first-order valence-corrected chi connectivity index (χ1v) is 5.98. The lowest BCUT2D eigenvalue weighted by molar-refractivity contribution is 0.529. The third kappa shape index (κ3) is 2.29. The Balaban J connectivity index is 2.49. The van der Waals surface area contributed by atoms with Crippen LogP contribution in [-0.2, 0) is 0 Å². The highest BCUT2D eigenvalue weighted by Gasteiger charge is 2.10. The van der Waals surface area contributed by atoms with Crippen LogP contribution in [0.2, 0.25) is 5.02 Å². The Morgan fingerprint density at radius 2 is 2.06 bits per heavy atom. The molecule has 2 N–H and O–H groups in total. The van der Waals surface area contributed by atoms with Crippen LogP contribution in [0.4, 0.5) is 5.69 Å². The van der Waals surface area contributed by atoms with Crippen LogP contribution in [0.15, 0.2) is 24.4 Å². The third-order valence-electron chi connectivity index (χ3n) is 2.76. The number of anilines is 1. The molecule has 1 aromatic heterocycles. The van der Waals surface area contributed by atoms with E-state index in [9.17, 15) is 0 Å². The minimum atomic E-state index is 0.353. The summed E-state index contributed by atoms with van der Waals surface area (Å²) >= 11 is 6.03. The highest BCUT2D eigenvalue weighted by molar-refractivity contribution is 6.33. The smallest absolute Gasteiger partial charge is 0.0672 e. The molecule has 2 aromatic rings. The number of nitrogen functional groups attached to an aromatic ring is 1. The molecule has 17 heavy (non-hydrogen) atoms. The molecule has 0 saturated carbocycles. The molecule has 1 heterocycles. The van der Waals surface area contributed by atoms with Crippen LogP contribution in [0, 0.1) is 6.92 Å². The molecule has 0 saturated heterocycles. The quantitative estimate of drug-likeness (QED) is 0.826. The predicted octanol–water partition coefficient (Wildman–Crippen LogP) is 3.68. The summed E-state index contributed by atoms with van der Waals surface area (Å²) in [5.41, 5.74) is 9.45. The minimum Gasteiger partial charge on any atom is -0.398 e. The van der Waals surface area contributed by atoms with Gasteiger partial charge in [-0.2, -0.15) is 5.10 Å². The molecule has 3 nitrogen and oxygen atoms in total. The molecule has 90 valence electrons. The van der Waals surface area contributed by atoms with Gasteiger partial charge in [-0.1, -0.05) is 17.7 Å². The van der Waals surface area contributed by atoms with Crippen LogP contribution in [0.3, 0.4) is 0 Å². The number of nitrogens with zero attached hydrogens (tertiary/aromatic N) is 2. The first kappa shape index (κ1) is 12.0. The minimum absolute atomic E-state index is 0.353. The number of nitrogens with two attached hydrogens (primary N) is 1. The van der Waals surface area contributed by atoms with Gasteiger partial charge in [-0.15, -0.1) is 0 Å². The van der Waals surface area contributed by atoms with E-state index >= 15 is 0 Å². The van der Waals surface area contributed by atoms with E-state index in [-0.39, 0.29) is 0 Å². The lowest BCUT2D eigenvalue weighted by atomic mass is 10.1. The zero-order chi connectivity index (χ0) is 12.6. The molecule has 4 heteroatoms. The molecule has 0 aliphatic carbocycles. The maximum Gasteiger partial charge on any atom is 0.0672 e. The van der Waals surface area contributed by atoms with E-state index in [1.165, 1.54) is 0 Å². The number of hydrogen-bond donors (Lipinski definition) is 1. The van der Waals surface area contributed by atoms with E-state index < -0.39 is 0 Å². The molecular formula is C13H16ClN3. The number of rotatable bonds is 2. The summed E-state index contributed by atoms with van der Waals surface area (Å²) in [5, 5.41) is 5.06. The molecule has 2 rings (SSSR count). The summed E-state index contributed by atoms with van der Waals surface area (Å²) in [6.07, 6.45) is 2.04. The third-order valence-corrected chi connectivity index (χ3v) is 3.08. The predicted molar refractivity (Wildman–Crippen MR) is 72.2 cm³/mol. The van der Waals surface area contributed by atoms with Crippen molar-refractivity contribution in [2.24, 2.45) is 0 Å². The fourth-order valence-electron chi connectivity index (χ4n) is 1.72.